The van der Waals surface area contributed by atoms with Crippen LogP contribution in [0.5, 0.6) is 0 Å². The number of nitrogens with one attached hydrogen (secondary N) is 1. The molecule has 0 saturated carbocycles. The summed E-state index contributed by atoms with van der Waals surface area (Å²) in [6.07, 6.45) is 4.64. The van der Waals surface area contributed by atoms with Crippen LogP contribution >= 0.6 is 0 Å². The van der Waals surface area contributed by atoms with Gasteiger partial charge in [-0.1, -0.05) is 49.9 Å². The van der Waals surface area contributed by atoms with Gasteiger partial charge in [-0.15, -0.1) is 0 Å². The molecule has 0 aromatic heterocycles. The average Bonchev–Trinajstić information content (AvgIpc) is 2.62. The number of aliphatic imine (C=N–C) groups is 1. The molecule has 0 spiro atoms. The fourth-order valence-electron chi connectivity index (χ4n) is 2.62. The van der Waals surface area contributed by atoms with E-state index in [0.29, 0.717) is 0 Å². The van der Waals surface area contributed by atoms with Crippen LogP contribution in [0.4, 0.5) is 5.69 Å². The highest BCUT2D eigenvalue weighted by molar-refractivity contribution is 5.80. The minimum Gasteiger partial charge on any atom is -0.399 e. The maximum atomic E-state index is 5.95. The third-order valence-electron chi connectivity index (χ3n) is 4.16. The second-order valence-electron chi connectivity index (χ2n) is 6.12. The zero-order valence-corrected chi connectivity index (χ0v) is 15.3. The highest BCUT2D eigenvalue weighted by atomic mass is 14.9. The van der Waals surface area contributed by atoms with Gasteiger partial charge in [0, 0.05) is 23.6 Å². The lowest BCUT2D eigenvalue weighted by molar-refractivity contribution is 0.655. The Bertz CT molecular complexity index is 773. The number of benzene rings is 2. The lowest BCUT2D eigenvalue weighted by atomic mass is 10.1. The predicted octanol–water partition coefficient (Wildman–Crippen LogP) is 5.13. The molecule has 1 atom stereocenters. The predicted molar refractivity (Wildman–Crippen MR) is 110 cm³/mol. The van der Waals surface area contributed by atoms with Crippen molar-refractivity contribution in [2.45, 2.75) is 33.2 Å². The molecule has 2 aromatic carbocycles. The van der Waals surface area contributed by atoms with Crippen molar-refractivity contribution in [3.8, 4) is 0 Å². The number of nitrogen functional groups attached to an aromatic ring is 1. The summed E-state index contributed by atoms with van der Waals surface area (Å²) < 4.78 is 0. The van der Waals surface area contributed by atoms with Crippen molar-refractivity contribution in [3.63, 3.8) is 0 Å². The first-order valence-corrected chi connectivity index (χ1v) is 8.61. The van der Waals surface area contributed by atoms with Crippen molar-refractivity contribution in [2.75, 3.05) is 5.73 Å². The molecule has 0 aliphatic carbocycles. The van der Waals surface area contributed by atoms with Crippen molar-refractivity contribution in [2.24, 2.45) is 4.99 Å². The number of anilines is 1. The van der Waals surface area contributed by atoms with Crippen molar-refractivity contribution in [3.05, 3.63) is 83.6 Å². The summed E-state index contributed by atoms with van der Waals surface area (Å²) in [5, 5.41) is 3.46. The molecule has 0 aliphatic rings. The van der Waals surface area contributed by atoms with Gasteiger partial charge in [0.05, 0.1) is 5.70 Å². The number of aryl methyl sites for hydroxylation is 1. The van der Waals surface area contributed by atoms with Gasteiger partial charge in [-0.3, -0.25) is 4.99 Å². The standard InChI is InChI=1S/C22H27N3/c1-5-19-15-21(11-12-22(19)23)17(3)24-14-13-16(2)25-18(4)20-9-7-6-8-10-20/h6-15,18,25H,3,5,23H2,1-2,4H3/b16-13+,24-14?. The van der Waals surface area contributed by atoms with Crippen LogP contribution in [0.2, 0.25) is 0 Å². The maximum absolute atomic E-state index is 5.95. The van der Waals surface area contributed by atoms with E-state index < -0.39 is 0 Å². The number of rotatable bonds is 7. The number of allylic oxidation sites excluding steroid dienone is 2. The average molecular weight is 333 g/mol. The van der Waals surface area contributed by atoms with Crippen LogP contribution < -0.4 is 11.1 Å². The highest BCUT2D eigenvalue weighted by Gasteiger charge is 2.03. The van der Waals surface area contributed by atoms with Crippen molar-refractivity contribution < 1.29 is 0 Å². The van der Waals surface area contributed by atoms with E-state index in [4.69, 9.17) is 5.73 Å². The van der Waals surface area contributed by atoms with Gasteiger partial charge >= 0.3 is 0 Å². The van der Waals surface area contributed by atoms with Crippen molar-refractivity contribution in [1.82, 2.24) is 5.32 Å². The Labute approximate surface area is 151 Å². The van der Waals surface area contributed by atoms with Crippen LogP contribution in [0, 0.1) is 0 Å². The van der Waals surface area contributed by atoms with Crippen molar-refractivity contribution in [1.29, 1.82) is 0 Å². The van der Waals surface area contributed by atoms with Crippen LogP contribution in [-0.2, 0) is 6.42 Å². The molecular weight excluding hydrogens is 306 g/mol. The maximum Gasteiger partial charge on any atom is 0.0630 e. The molecule has 3 nitrogen and oxygen atoms in total. The Hall–Kier alpha value is -2.81. The molecule has 0 bridgehead atoms. The van der Waals surface area contributed by atoms with E-state index in [1.165, 1.54) is 5.56 Å². The lowest BCUT2D eigenvalue weighted by Crippen LogP contribution is -2.16. The molecule has 0 saturated heterocycles. The Balaban J connectivity index is 1.98. The van der Waals surface area contributed by atoms with E-state index in [-0.39, 0.29) is 6.04 Å². The Morgan fingerprint density at radius 1 is 1.24 bits per heavy atom. The molecule has 3 heteroatoms. The summed E-state index contributed by atoms with van der Waals surface area (Å²) in [6, 6.07) is 16.5. The van der Waals surface area contributed by atoms with Gasteiger partial charge in [0.2, 0.25) is 0 Å². The normalized spacial score (nSPS) is 13.0. The van der Waals surface area contributed by atoms with Gasteiger partial charge in [-0.05, 0) is 55.2 Å². The van der Waals surface area contributed by atoms with E-state index in [1.807, 2.05) is 31.2 Å². The smallest absolute Gasteiger partial charge is 0.0630 e. The second kappa shape index (κ2) is 8.88. The summed E-state index contributed by atoms with van der Waals surface area (Å²) in [4.78, 5) is 4.44. The van der Waals surface area contributed by atoms with Crippen LogP contribution in [0.25, 0.3) is 5.70 Å². The van der Waals surface area contributed by atoms with Crippen LogP contribution in [0.15, 0.2) is 71.9 Å². The number of nitrogens with two attached hydrogens (primary N) is 1. The summed E-state index contributed by atoms with van der Waals surface area (Å²) in [5.41, 5.74) is 11.9. The molecule has 0 radical (unpaired) electrons. The van der Waals surface area contributed by atoms with E-state index in [9.17, 15) is 0 Å². The number of nitrogens with zero attached hydrogens (tertiary/aromatic N) is 1. The van der Waals surface area contributed by atoms with Crippen LogP contribution in [0.3, 0.4) is 0 Å². The SMILES string of the molecule is C=C(N=C/C=C(\C)NC(C)c1ccccc1)c1ccc(N)c(CC)c1. The van der Waals surface area contributed by atoms with E-state index in [0.717, 1.165) is 34.6 Å². The molecule has 0 amide bonds. The fraction of sp³-hybridized carbons (Fsp3) is 0.227. The van der Waals surface area contributed by atoms with Gasteiger partial charge in [0.1, 0.15) is 0 Å². The summed E-state index contributed by atoms with van der Waals surface area (Å²) in [6.45, 7) is 10.3. The molecule has 130 valence electrons. The van der Waals surface area contributed by atoms with Gasteiger partial charge in [0.25, 0.3) is 0 Å². The first kappa shape index (κ1) is 18.5. The quantitative estimate of drug-likeness (QED) is 0.545. The van der Waals surface area contributed by atoms with Crippen molar-refractivity contribution >= 4 is 17.6 Å². The van der Waals surface area contributed by atoms with Gasteiger partial charge in [0.15, 0.2) is 0 Å². The molecule has 2 rings (SSSR count). The first-order valence-electron chi connectivity index (χ1n) is 8.61. The van der Waals surface area contributed by atoms with E-state index in [2.05, 4.69) is 61.1 Å². The molecule has 1 unspecified atom stereocenters. The molecule has 2 aromatic rings. The molecule has 3 N–H and O–H groups in total. The number of hydrogen-bond acceptors (Lipinski definition) is 3. The van der Waals surface area contributed by atoms with Crippen LogP contribution in [0.1, 0.15) is 43.5 Å². The zero-order valence-electron chi connectivity index (χ0n) is 15.3. The van der Waals surface area contributed by atoms with Crippen LogP contribution in [-0.4, -0.2) is 6.21 Å². The van der Waals surface area contributed by atoms with E-state index >= 15 is 0 Å². The summed E-state index contributed by atoms with van der Waals surface area (Å²) in [5.74, 6) is 0. The third-order valence-corrected chi connectivity index (χ3v) is 4.16. The minimum atomic E-state index is 0.248. The highest BCUT2D eigenvalue weighted by Crippen LogP contribution is 2.20. The van der Waals surface area contributed by atoms with Gasteiger partial charge < -0.3 is 11.1 Å². The lowest BCUT2D eigenvalue weighted by Gasteiger charge is -2.15. The summed E-state index contributed by atoms with van der Waals surface area (Å²) >= 11 is 0. The topological polar surface area (TPSA) is 50.4 Å². The molecule has 0 fully saturated rings. The van der Waals surface area contributed by atoms with E-state index in [1.54, 1.807) is 6.21 Å². The largest absolute Gasteiger partial charge is 0.399 e. The molecule has 0 aliphatic heterocycles. The monoisotopic (exact) mass is 333 g/mol. The van der Waals surface area contributed by atoms with Gasteiger partial charge in [-0.2, -0.15) is 0 Å². The first-order chi connectivity index (χ1) is 12.0. The molecule has 0 heterocycles. The third kappa shape index (κ3) is 5.35. The number of hydrogen-bond donors (Lipinski definition) is 2. The Morgan fingerprint density at radius 3 is 2.64 bits per heavy atom. The Morgan fingerprint density at radius 2 is 1.96 bits per heavy atom. The summed E-state index contributed by atoms with van der Waals surface area (Å²) in [7, 11) is 0. The Kier molecular flexibility index (Phi) is 6.58. The minimum absolute atomic E-state index is 0.248. The zero-order chi connectivity index (χ0) is 18.2. The second-order valence-corrected chi connectivity index (χ2v) is 6.12. The molecular formula is C22H27N3. The van der Waals surface area contributed by atoms with Gasteiger partial charge in [-0.25, -0.2) is 0 Å². The fourth-order valence-corrected chi connectivity index (χ4v) is 2.62. The molecule has 25 heavy (non-hydrogen) atoms.